The number of nitrogens with zero attached hydrogens (tertiary/aromatic N) is 2. The van der Waals surface area contributed by atoms with E-state index in [0.29, 0.717) is 17.7 Å². The van der Waals surface area contributed by atoms with E-state index in [-0.39, 0.29) is 23.1 Å². The van der Waals surface area contributed by atoms with Crippen LogP contribution in [0.1, 0.15) is 42.9 Å². The first-order chi connectivity index (χ1) is 14.4. The van der Waals surface area contributed by atoms with Crippen LogP contribution < -0.4 is 4.74 Å². The molecule has 0 amide bonds. The fraction of sp³-hybridized carbons (Fsp3) is 0.391. The molecule has 3 rings (SSSR count). The third kappa shape index (κ3) is 4.84. The Morgan fingerprint density at radius 2 is 1.81 bits per heavy atom. The highest BCUT2D eigenvalue weighted by atomic mass is 19.4. The van der Waals surface area contributed by atoms with Crippen molar-refractivity contribution < 1.29 is 22.8 Å². The lowest BCUT2D eigenvalue weighted by Gasteiger charge is -2.51. The molecular formula is C23H25F3N2O3. The fourth-order valence-electron chi connectivity index (χ4n) is 3.85. The van der Waals surface area contributed by atoms with E-state index in [1.54, 1.807) is 29.3 Å². The molecular weight excluding hydrogens is 409 g/mol. The number of halogens is 3. The summed E-state index contributed by atoms with van der Waals surface area (Å²) >= 11 is 0. The van der Waals surface area contributed by atoms with Crippen molar-refractivity contribution in [3.05, 3.63) is 75.5 Å². The molecule has 0 aromatic heterocycles. The Bertz CT molecular complexity index is 983. The highest BCUT2D eigenvalue weighted by molar-refractivity contribution is 5.62. The van der Waals surface area contributed by atoms with Gasteiger partial charge in [-0.2, -0.15) is 13.2 Å². The molecule has 2 atom stereocenters. The van der Waals surface area contributed by atoms with Gasteiger partial charge in [0.25, 0.3) is 5.69 Å². The summed E-state index contributed by atoms with van der Waals surface area (Å²) in [6.07, 6.45) is -0.486. The van der Waals surface area contributed by atoms with Crippen molar-refractivity contribution in [1.29, 1.82) is 0 Å². The summed E-state index contributed by atoms with van der Waals surface area (Å²) in [5.74, 6) is 0.582. The van der Waals surface area contributed by atoms with E-state index in [9.17, 15) is 23.3 Å². The van der Waals surface area contributed by atoms with Crippen LogP contribution in [0.3, 0.4) is 0 Å². The van der Waals surface area contributed by atoms with Gasteiger partial charge in [0.2, 0.25) is 0 Å². The number of hydrogen-bond donors (Lipinski definition) is 0. The molecule has 8 heteroatoms. The van der Waals surface area contributed by atoms with Crippen molar-refractivity contribution in [2.75, 3.05) is 14.1 Å². The number of alkyl halides is 3. The van der Waals surface area contributed by atoms with E-state index in [1.165, 1.54) is 18.2 Å². The average molecular weight is 434 g/mol. The smallest absolute Gasteiger partial charge is 0.416 e. The minimum Gasteiger partial charge on any atom is -0.490 e. The summed E-state index contributed by atoms with van der Waals surface area (Å²) in [5.41, 5.74) is 0.302. The molecule has 0 saturated heterocycles. The van der Waals surface area contributed by atoms with Crippen molar-refractivity contribution in [2.24, 2.45) is 5.41 Å². The van der Waals surface area contributed by atoms with E-state index < -0.39 is 16.7 Å². The van der Waals surface area contributed by atoms with Crippen LogP contribution >= 0.6 is 0 Å². The number of nitro benzene ring substituents is 1. The maximum atomic E-state index is 12.8. The standard InChI is InChI=1S/C23H25F3N2O3/c1-22(2)19(15-5-7-17(8-6-15)23(24,25)26)14-21(22)31-18-9-10-20(28(29)30)16(13-18)11-12-27(3)4/h5-13,19,21H,14H2,1-4H3/b12-11+/t19-,21-/m1/s1. The first-order valence-electron chi connectivity index (χ1n) is 9.86. The minimum absolute atomic E-state index is 0.0130. The number of hydrogen-bond acceptors (Lipinski definition) is 4. The molecule has 0 radical (unpaired) electrons. The number of benzene rings is 2. The van der Waals surface area contributed by atoms with Gasteiger partial charge >= 0.3 is 6.18 Å². The molecule has 0 bridgehead atoms. The summed E-state index contributed by atoms with van der Waals surface area (Å²) < 4.78 is 44.6. The number of nitro groups is 1. The van der Waals surface area contributed by atoms with E-state index >= 15 is 0 Å². The van der Waals surface area contributed by atoms with Crippen LogP contribution in [0.15, 0.2) is 48.7 Å². The lowest BCUT2D eigenvalue weighted by Crippen LogP contribution is -2.50. The zero-order chi connectivity index (χ0) is 23.0. The third-order valence-corrected chi connectivity index (χ3v) is 5.84. The molecule has 0 aliphatic heterocycles. The van der Waals surface area contributed by atoms with E-state index in [2.05, 4.69) is 0 Å². The Hall–Kier alpha value is -3.03. The van der Waals surface area contributed by atoms with Crippen LogP contribution in [0.5, 0.6) is 5.75 Å². The van der Waals surface area contributed by atoms with Crippen LogP contribution in [-0.4, -0.2) is 30.0 Å². The maximum absolute atomic E-state index is 12.8. The Kier molecular flexibility index (Phi) is 6.02. The van der Waals surface area contributed by atoms with Crippen molar-refractivity contribution in [3.63, 3.8) is 0 Å². The number of rotatable bonds is 6. The normalized spacial score (nSPS) is 20.4. The predicted octanol–water partition coefficient (Wildman–Crippen LogP) is 6.11. The van der Waals surface area contributed by atoms with Crippen LogP contribution in [0.25, 0.3) is 6.08 Å². The van der Waals surface area contributed by atoms with Gasteiger partial charge in [-0.3, -0.25) is 10.1 Å². The quantitative estimate of drug-likeness (QED) is 0.407. The minimum atomic E-state index is -4.35. The summed E-state index contributed by atoms with van der Waals surface area (Å²) in [6, 6.07) is 9.91. The third-order valence-electron chi connectivity index (χ3n) is 5.84. The van der Waals surface area contributed by atoms with Crippen molar-refractivity contribution in [2.45, 2.75) is 38.5 Å². The lowest BCUT2D eigenvalue weighted by molar-refractivity contribution is -0.385. The molecule has 1 aliphatic rings. The fourth-order valence-corrected chi connectivity index (χ4v) is 3.85. The highest BCUT2D eigenvalue weighted by Crippen LogP contribution is 2.54. The second kappa shape index (κ2) is 8.24. The highest BCUT2D eigenvalue weighted by Gasteiger charge is 2.50. The second-order valence-electron chi connectivity index (χ2n) is 8.59. The molecule has 1 fully saturated rings. The van der Waals surface area contributed by atoms with Gasteiger partial charge < -0.3 is 9.64 Å². The van der Waals surface area contributed by atoms with Gasteiger partial charge in [0.15, 0.2) is 0 Å². The monoisotopic (exact) mass is 434 g/mol. The van der Waals surface area contributed by atoms with Gasteiger partial charge in [0, 0.05) is 25.6 Å². The number of ether oxygens (including phenoxy) is 1. The van der Waals surface area contributed by atoms with E-state index in [0.717, 1.165) is 17.7 Å². The Labute approximate surface area is 179 Å². The van der Waals surface area contributed by atoms with Crippen molar-refractivity contribution in [3.8, 4) is 5.75 Å². The Morgan fingerprint density at radius 1 is 1.16 bits per heavy atom. The van der Waals surface area contributed by atoms with Crippen LogP contribution in [0, 0.1) is 15.5 Å². The summed E-state index contributed by atoms with van der Waals surface area (Å²) in [7, 11) is 3.64. The lowest BCUT2D eigenvalue weighted by atomic mass is 9.57. The summed E-state index contributed by atoms with van der Waals surface area (Å²) in [4.78, 5) is 12.6. The molecule has 0 N–H and O–H groups in total. The largest absolute Gasteiger partial charge is 0.490 e. The molecule has 31 heavy (non-hydrogen) atoms. The molecule has 1 aliphatic carbocycles. The van der Waals surface area contributed by atoms with Crippen LogP contribution in [0.2, 0.25) is 0 Å². The van der Waals surface area contributed by atoms with Crippen molar-refractivity contribution >= 4 is 11.8 Å². The molecule has 0 unspecified atom stereocenters. The molecule has 166 valence electrons. The SMILES string of the molecule is CN(C)/C=C/c1cc(O[C@@H]2C[C@H](c3ccc(C(F)(F)F)cc3)C2(C)C)ccc1[N+](=O)[O-]. The zero-order valence-electron chi connectivity index (χ0n) is 17.8. The van der Waals surface area contributed by atoms with Gasteiger partial charge in [-0.15, -0.1) is 0 Å². The molecule has 1 saturated carbocycles. The first kappa shape index (κ1) is 22.7. The van der Waals surface area contributed by atoms with Gasteiger partial charge in [-0.25, -0.2) is 0 Å². The second-order valence-corrected chi connectivity index (χ2v) is 8.59. The van der Waals surface area contributed by atoms with Gasteiger partial charge in [-0.05, 0) is 54.4 Å². The molecule has 0 heterocycles. The maximum Gasteiger partial charge on any atom is 0.416 e. The molecule has 2 aromatic rings. The van der Waals surface area contributed by atoms with E-state index in [4.69, 9.17) is 4.74 Å². The average Bonchev–Trinajstić information content (AvgIpc) is 2.68. The van der Waals surface area contributed by atoms with Crippen molar-refractivity contribution in [1.82, 2.24) is 4.90 Å². The predicted molar refractivity (Wildman–Crippen MR) is 113 cm³/mol. The molecule has 2 aromatic carbocycles. The summed E-state index contributed by atoms with van der Waals surface area (Å²) in [5, 5.41) is 11.3. The zero-order valence-corrected chi connectivity index (χ0v) is 17.8. The van der Waals surface area contributed by atoms with E-state index in [1.807, 2.05) is 27.9 Å². The van der Waals surface area contributed by atoms with Gasteiger partial charge in [0.05, 0.1) is 16.1 Å². The van der Waals surface area contributed by atoms with Crippen LogP contribution in [-0.2, 0) is 6.18 Å². The first-order valence-corrected chi connectivity index (χ1v) is 9.86. The molecule has 0 spiro atoms. The topological polar surface area (TPSA) is 55.6 Å². The van der Waals surface area contributed by atoms with Gasteiger partial charge in [0.1, 0.15) is 11.9 Å². The molecule has 5 nitrogen and oxygen atoms in total. The Balaban J connectivity index is 1.76. The van der Waals surface area contributed by atoms with Gasteiger partial charge in [-0.1, -0.05) is 26.0 Å². The Morgan fingerprint density at radius 3 is 2.32 bits per heavy atom. The van der Waals surface area contributed by atoms with Crippen LogP contribution in [0.4, 0.5) is 18.9 Å². The summed E-state index contributed by atoms with van der Waals surface area (Å²) in [6.45, 7) is 4.03.